The van der Waals surface area contributed by atoms with Crippen molar-refractivity contribution in [2.24, 2.45) is 5.92 Å². The molecule has 0 aliphatic heterocycles. The number of rotatable bonds is 5. The van der Waals surface area contributed by atoms with Crippen LogP contribution in [0.25, 0.3) is 0 Å². The molecule has 1 aromatic carbocycles. The summed E-state index contributed by atoms with van der Waals surface area (Å²) >= 11 is 0. The molecule has 0 heterocycles. The van der Waals surface area contributed by atoms with Crippen LogP contribution in [0.2, 0.25) is 0 Å². The van der Waals surface area contributed by atoms with Gasteiger partial charge >= 0.3 is 5.97 Å². The van der Waals surface area contributed by atoms with Gasteiger partial charge in [0.15, 0.2) is 0 Å². The number of hydrogen-bond donors (Lipinski definition) is 1. The summed E-state index contributed by atoms with van der Waals surface area (Å²) in [6, 6.07) is 7.30. The molecule has 0 radical (unpaired) electrons. The molecule has 1 N–H and O–H groups in total. The maximum Gasteiger partial charge on any atom is 0.327 e. The quantitative estimate of drug-likeness (QED) is 0.819. The number of hydrogen-bond acceptors (Lipinski definition) is 5. The summed E-state index contributed by atoms with van der Waals surface area (Å²) in [6.45, 7) is 0.311. The molecular formula is C14H16N2O3. The van der Waals surface area contributed by atoms with Crippen molar-refractivity contribution in [3.63, 3.8) is 0 Å². The van der Waals surface area contributed by atoms with Crippen molar-refractivity contribution in [1.29, 1.82) is 5.26 Å². The average Bonchev–Trinajstić information content (AvgIpc) is 2.37. The van der Waals surface area contributed by atoms with Crippen LogP contribution >= 0.6 is 0 Å². The largest absolute Gasteiger partial charge is 0.497 e. The standard InChI is InChI=1S/C14H16N2O3/c1-18-13-6-5-11(12(7-13)8-15)9-16-19-14(17)10-3-2-4-10/h5-7,10,16H,2-4,9H2,1H3. The first-order valence-corrected chi connectivity index (χ1v) is 6.25. The summed E-state index contributed by atoms with van der Waals surface area (Å²) in [5.74, 6) is 0.462. The van der Waals surface area contributed by atoms with E-state index >= 15 is 0 Å². The molecule has 0 unspecified atom stereocenters. The predicted molar refractivity (Wildman–Crippen MR) is 68.0 cm³/mol. The van der Waals surface area contributed by atoms with Gasteiger partial charge in [0.1, 0.15) is 5.75 Å². The third-order valence-corrected chi connectivity index (χ3v) is 3.31. The van der Waals surface area contributed by atoms with Crippen molar-refractivity contribution >= 4 is 5.97 Å². The molecule has 2 rings (SSSR count). The fourth-order valence-corrected chi connectivity index (χ4v) is 1.85. The molecule has 5 heteroatoms. The molecule has 0 amide bonds. The number of nitrogens with one attached hydrogen (secondary N) is 1. The summed E-state index contributed by atoms with van der Waals surface area (Å²) in [5, 5.41) is 9.04. The Bertz CT molecular complexity index is 504. The Morgan fingerprint density at radius 3 is 2.89 bits per heavy atom. The Hall–Kier alpha value is -2.06. The smallest absolute Gasteiger partial charge is 0.327 e. The van der Waals surface area contributed by atoms with E-state index in [0.717, 1.165) is 24.8 Å². The van der Waals surface area contributed by atoms with Crippen molar-refractivity contribution in [1.82, 2.24) is 5.48 Å². The van der Waals surface area contributed by atoms with Gasteiger partial charge in [0.2, 0.25) is 0 Å². The molecule has 19 heavy (non-hydrogen) atoms. The molecule has 1 aromatic rings. The number of ether oxygens (including phenoxy) is 1. The highest BCUT2D eigenvalue weighted by atomic mass is 16.7. The molecule has 0 bridgehead atoms. The van der Waals surface area contributed by atoms with Gasteiger partial charge in [-0.15, -0.1) is 5.48 Å². The zero-order chi connectivity index (χ0) is 13.7. The van der Waals surface area contributed by atoms with Crippen LogP contribution in [-0.4, -0.2) is 13.1 Å². The van der Waals surface area contributed by atoms with Gasteiger partial charge in [-0.25, -0.2) is 0 Å². The maximum absolute atomic E-state index is 11.5. The second-order valence-corrected chi connectivity index (χ2v) is 4.50. The summed E-state index contributed by atoms with van der Waals surface area (Å²) in [6.07, 6.45) is 2.91. The summed E-state index contributed by atoms with van der Waals surface area (Å²) in [4.78, 5) is 16.5. The van der Waals surface area contributed by atoms with Gasteiger partial charge in [-0.3, -0.25) is 4.79 Å². The van der Waals surface area contributed by atoms with Gasteiger partial charge < -0.3 is 9.57 Å². The average molecular weight is 260 g/mol. The lowest BCUT2D eigenvalue weighted by molar-refractivity contribution is -0.159. The van der Waals surface area contributed by atoms with Gasteiger partial charge in [0.05, 0.1) is 31.2 Å². The Balaban J connectivity index is 1.88. The number of carbonyl (C=O) groups is 1. The van der Waals surface area contributed by atoms with Gasteiger partial charge in [-0.2, -0.15) is 5.26 Å². The molecule has 1 fully saturated rings. The normalized spacial score (nSPS) is 14.3. The number of nitrogens with zero attached hydrogens (tertiary/aromatic N) is 1. The Morgan fingerprint density at radius 2 is 2.32 bits per heavy atom. The van der Waals surface area contributed by atoms with Crippen LogP contribution in [0.5, 0.6) is 5.75 Å². The van der Waals surface area contributed by atoms with Crippen LogP contribution in [0.4, 0.5) is 0 Å². The molecule has 0 aromatic heterocycles. The van der Waals surface area contributed by atoms with Crippen molar-refractivity contribution in [2.45, 2.75) is 25.8 Å². The Kier molecular flexibility index (Phi) is 4.37. The fourth-order valence-electron chi connectivity index (χ4n) is 1.85. The van der Waals surface area contributed by atoms with E-state index in [1.54, 1.807) is 25.3 Å². The minimum Gasteiger partial charge on any atom is -0.497 e. The molecule has 5 nitrogen and oxygen atoms in total. The third-order valence-electron chi connectivity index (χ3n) is 3.31. The van der Waals surface area contributed by atoms with Crippen molar-refractivity contribution < 1.29 is 14.4 Å². The van der Waals surface area contributed by atoms with Crippen LogP contribution in [0.15, 0.2) is 18.2 Å². The Labute approximate surface area is 112 Å². The summed E-state index contributed by atoms with van der Waals surface area (Å²) < 4.78 is 5.05. The third kappa shape index (κ3) is 3.24. The van der Waals surface area contributed by atoms with E-state index < -0.39 is 0 Å². The molecular weight excluding hydrogens is 244 g/mol. The molecule has 0 saturated heterocycles. The summed E-state index contributed by atoms with van der Waals surface area (Å²) in [5.41, 5.74) is 3.90. The zero-order valence-electron chi connectivity index (χ0n) is 10.8. The number of methoxy groups -OCH3 is 1. The minimum absolute atomic E-state index is 0.0406. The van der Waals surface area contributed by atoms with E-state index in [4.69, 9.17) is 14.8 Å². The number of carbonyl (C=O) groups excluding carboxylic acids is 1. The molecule has 0 spiro atoms. The number of benzene rings is 1. The highest BCUT2D eigenvalue weighted by molar-refractivity contribution is 5.72. The fraction of sp³-hybridized carbons (Fsp3) is 0.429. The van der Waals surface area contributed by atoms with Crippen LogP contribution in [0.3, 0.4) is 0 Å². The first kappa shape index (κ1) is 13.4. The molecule has 100 valence electrons. The zero-order valence-corrected chi connectivity index (χ0v) is 10.8. The monoisotopic (exact) mass is 260 g/mol. The van der Waals surface area contributed by atoms with E-state index in [1.165, 1.54) is 0 Å². The molecule has 1 saturated carbocycles. The topological polar surface area (TPSA) is 71.3 Å². The lowest BCUT2D eigenvalue weighted by Gasteiger charge is -2.22. The van der Waals surface area contributed by atoms with E-state index in [1.807, 2.05) is 0 Å². The minimum atomic E-state index is -0.210. The molecule has 1 aliphatic carbocycles. The van der Waals surface area contributed by atoms with Gasteiger partial charge in [0, 0.05) is 0 Å². The molecule has 1 aliphatic rings. The second kappa shape index (κ2) is 6.21. The first-order chi connectivity index (χ1) is 9.24. The van der Waals surface area contributed by atoms with Gasteiger partial charge in [-0.1, -0.05) is 12.5 Å². The Morgan fingerprint density at radius 1 is 1.53 bits per heavy atom. The number of nitriles is 1. The lowest BCUT2D eigenvalue weighted by Crippen LogP contribution is -2.29. The first-order valence-electron chi connectivity index (χ1n) is 6.25. The highest BCUT2D eigenvalue weighted by Crippen LogP contribution is 2.27. The second-order valence-electron chi connectivity index (χ2n) is 4.50. The van der Waals surface area contributed by atoms with E-state index in [0.29, 0.717) is 17.9 Å². The summed E-state index contributed by atoms with van der Waals surface area (Å²) in [7, 11) is 1.55. The number of hydroxylamine groups is 1. The van der Waals surface area contributed by atoms with E-state index in [2.05, 4.69) is 11.5 Å². The SMILES string of the molecule is COc1ccc(CNOC(=O)C2CCC2)c(C#N)c1. The van der Waals surface area contributed by atoms with Crippen molar-refractivity contribution in [2.75, 3.05) is 7.11 Å². The van der Waals surface area contributed by atoms with Gasteiger partial charge in [0.25, 0.3) is 0 Å². The van der Waals surface area contributed by atoms with Gasteiger partial charge in [-0.05, 0) is 30.5 Å². The van der Waals surface area contributed by atoms with Crippen LogP contribution < -0.4 is 10.2 Å². The van der Waals surface area contributed by atoms with Crippen LogP contribution in [0.1, 0.15) is 30.4 Å². The maximum atomic E-state index is 11.5. The lowest BCUT2D eigenvalue weighted by atomic mass is 9.86. The van der Waals surface area contributed by atoms with E-state index in [9.17, 15) is 4.79 Å². The van der Waals surface area contributed by atoms with Crippen molar-refractivity contribution in [3.8, 4) is 11.8 Å². The van der Waals surface area contributed by atoms with Crippen LogP contribution in [-0.2, 0) is 16.2 Å². The molecule has 0 atom stereocenters. The highest BCUT2D eigenvalue weighted by Gasteiger charge is 2.26. The van der Waals surface area contributed by atoms with Crippen molar-refractivity contribution in [3.05, 3.63) is 29.3 Å². The van der Waals surface area contributed by atoms with E-state index in [-0.39, 0.29) is 11.9 Å². The predicted octanol–water partition coefficient (Wildman–Crippen LogP) is 1.91. The van der Waals surface area contributed by atoms with Crippen LogP contribution in [0, 0.1) is 17.2 Å².